The largest absolute Gasteiger partial charge is 0.418 e. The summed E-state index contributed by atoms with van der Waals surface area (Å²) in [4.78, 5) is 0. The van der Waals surface area contributed by atoms with Gasteiger partial charge < -0.3 is 15.2 Å². The maximum atomic E-state index is 12.6. The summed E-state index contributed by atoms with van der Waals surface area (Å²) < 4.78 is 48.0. The minimum atomic E-state index is -4.48. The standard InChI is InChI=1S/C11H14F3NO2/c1-3-17-10(16-2)7-4-5-9(15)8(6-7)11(12,13)14/h4-6,10H,3,15H2,1-2H3. The molecule has 0 heterocycles. The Bertz CT molecular complexity index is 379. The Kier molecular flexibility index (Phi) is 4.36. The van der Waals surface area contributed by atoms with Crippen molar-refractivity contribution >= 4 is 5.69 Å². The number of nitrogen functional groups attached to an aromatic ring is 1. The quantitative estimate of drug-likeness (QED) is 0.659. The van der Waals surface area contributed by atoms with E-state index < -0.39 is 18.0 Å². The molecule has 6 heteroatoms. The van der Waals surface area contributed by atoms with Gasteiger partial charge in [0.15, 0.2) is 6.29 Å². The van der Waals surface area contributed by atoms with Gasteiger partial charge >= 0.3 is 6.18 Å². The first-order chi connectivity index (χ1) is 7.90. The second-order valence-corrected chi connectivity index (χ2v) is 3.37. The Hall–Kier alpha value is -1.27. The van der Waals surface area contributed by atoms with Crippen LogP contribution in [0, 0.1) is 0 Å². The predicted octanol–water partition coefficient (Wildman–Crippen LogP) is 2.97. The second kappa shape index (κ2) is 5.37. The van der Waals surface area contributed by atoms with Crippen molar-refractivity contribution in [1.82, 2.24) is 0 Å². The molecular weight excluding hydrogens is 235 g/mol. The number of hydrogen-bond acceptors (Lipinski definition) is 3. The number of methoxy groups -OCH3 is 1. The van der Waals surface area contributed by atoms with E-state index in [0.29, 0.717) is 6.61 Å². The summed E-state index contributed by atoms with van der Waals surface area (Å²) in [5, 5.41) is 0. The number of anilines is 1. The van der Waals surface area contributed by atoms with E-state index in [-0.39, 0.29) is 11.3 Å². The zero-order chi connectivity index (χ0) is 13.1. The maximum Gasteiger partial charge on any atom is 0.418 e. The molecule has 0 radical (unpaired) electrons. The summed E-state index contributed by atoms with van der Waals surface area (Å²) in [7, 11) is 1.37. The lowest BCUT2D eigenvalue weighted by Crippen LogP contribution is -2.12. The van der Waals surface area contributed by atoms with Crippen LogP contribution < -0.4 is 5.73 Å². The summed E-state index contributed by atoms with van der Waals surface area (Å²) in [5.41, 5.74) is 4.39. The molecule has 1 unspecified atom stereocenters. The van der Waals surface area contributed by atoms with Crippen molar-refractivity contribution in [1.29, 1.82) is 0 Å². The molecule has 1 aromatic rings. The average molecular weight is 249 g/mol. The van der Waals surface area contributed by atoms with Crippen molar-refractivity contribution in [3.05, 3.63) is 29.3 Å². The van der Waals surface area contributed by atoms with Crippen molar-refractivity contribution in [3.8, 4) is 0 Å². The third-order valence-corrected chi connectivity index (χ3v) is 2.19. The van der Waals surface area contributed by atoms with E-state index in [1.165, 1.54) is 19.2 Å². The molecule has 0 saturated heterocycles. The van der Waals surface area contributed by atoms with Crippen molar-refractivity contribution in [2.45, 2.75) is 19.4 Å². The molecule has 0 aliphatic heterocycles. The predicted molar refractivity (Wildman–Crippen MR) is 57.2 cm³/mol. The molecule has 0 saturated carbocycles. The molecule has 0 amide bonds. The van der Waals surface area contributed by atoms with Crippen molar-refractivity contribution in [2.24, 2.45) is 0 Å². The normalized spacial score (nSPS) is 13.7. The number of halogens is 3. The number of rotatable bonds is 4. The van der Waals surface area contributed by atoms with Gasteiger partial charge in [-0.15, -0.1) is 0 Å². The van der Waals surface area contributed by atoms with Gasteiger partial charge in [-0.2, -0.15) is 13.2 Å². The van der Waals surface area contributed by atoms with Crippen LogP contribution >= 0.6 is 0 Å². The van der Waals surface area contributed by atoms with Gasteiger partial charge in [-0.05, 0) is 19.1 Å². The molecule has 0 aliphatic rings. The lowest BCUT2D eigenvalue weighted by atomic mass is 10.1. The van der Waals surface area contributed by atoms with E-state index in [0.717, 1.165) is 6.07 Å². The highest BCUT2D eigenvalue weighted by atomic mass is 19.4. The first-order valence-electron chi connectivity index (χ1n) is 5.01. The molecule has 1 aromatic carbocycles. The fourth-order valence-electron chi connectivity index (χ4n) is 1.42. The molecule has 0 aliphatic carbocycles. The third-order valence-electron chi connectivity index (χ3n) is 2.19. The third kappa shape index (κ3) is 3.34. The second-order valence-electron chi connectivity index (χ2n) is 3.37. The lowest BCUT2D eigenvalue weighted by Gasteiger charge is -2.18. The van der Waals surface area contributed by atoms with Gasteiger partial charge in [-0.3, -0.25) is 0 Å². The molecule has 1 atom stereocenters. The van der Waals surface area contributed by atoms with Gasteiger partial charge in [0.05, 0.1) is 5.56 Å². The number of hydrogen-bond donors (Lipinski definition) is 1. The molecule has 1 rings (SSSR count). The van der Waals surface area contributed by atoms with Gasteiger partial charge in [-0.1, -0.05) is 6.07 Å². The van der Waals surface area contributed by atoms with Crippen LogP contribution in [0.5, 0.6) is 0 Å². The molecule has 3 nitrogen and oxygen atoms in total. The van der Waals surface area contributed by atoms with Crippen molar-refractivity contribution < 1.29 is 22.6 Å². The topological polar surface area (TPSA) is 44.5 Å². The first-order valence-corrected chi connectivity index (χ1v) is 5.01. The molecule has 0 fully saturated rings. The Balaban J connectivity index is 3.11. The monoisotopic (exact) mass is 249 g/mol. The van der Waals surface area contributed by atoms with Gasteiger partial charge in [-0.25, -0.2) is 0 Å². The van der Waals surface area contributed by atoms with Crippen LogP contribution in [0.2, 0.25) is 0 Å². The minimum absolute atomic E-state index is 0.288. The number of ether oxygens (including phenoxy) is 2. The van der Waals surface area contributed by atoms with Crippen LogP contribution in [0.3, 0.4) is 0 Å². The fraction of sp³-hybridized carbons (Fsp3) is 0.455. The average Bonchev–Trinajstić information content (AvgIpc) is 2.25. The van der Waals surface area contributed by atoms with Crippen LogP contribution in [-0.2, 0) is 15.7 Å². The van der Waals surface area contributed by atoms with E-state index in [4.69, 9.17) is 15.2 Å². The highest BCUT2D eigenvalue weighted by molar-refractivity contribution is 5.50. The van der Waals surface area contributed by atoms with Crippen molar-refractivity contribution in [3.63, 3.8) is 0 Å². The van der Waals surface area contributed by atoms with E-state index >= 15 is 0 Å². The summed E-state index contributed by atoms with van der Waals surface area (Å²) in [6, 6.07) is 3.59. The lowest BCUT2D eigenvalue weighted by molar-refractivity contribution is -0.138. The minimum Gasteiger partial charge on any atom is -0.398 e. The Morgan fingerprint density at radius 1 is 1.35 bits per heavy atom. The molecular formula is C11H14F3NO2. The highest BCUT2D eigenvalue weighted by Crippen LogP contribution is 2.35. The molecule has 96 valence electrons. The van der Waals surface area contributed by atoms with Gasteiger partial charge in [0.1, 0.15) is 0 Å². The number of benzene rings is 1. The molecule has 17 heavy (non-hydrogen) atoms. The summed E-state index contributed by atoms with van der Waals surface area (Å²) in [6.45, 7) is 2.07. The Morgan fingerprint density at radius 2 is 2.00 bits per heavy atom. The smallest absolute Gasteiger partial charge is 0.398 e. The van der Waals surface area contributed by atoms with E-state index in [1.54, 1.807) is 6.92 Å². The van der Waals surface area contributed by atoms with Crippen LogP contribution in [0.15, 0.2) is 18.2 Å². The Morgan fingerprint density at radius 3 is 2.47 bits per heavy atom. The van der Waals surface area contributed by atoms with Crippen LogP contribution in [0.1, 0.15) is 24.3 Å². The maximum absolute atomic E-state index is 12.6. The van der Waals surface area contributed by atoms with E-state index in [2.05, 4.69) is 0 Å². The summed E-state index contributed by atoms with van der Waals surface area (Å²) >= 11 is 0. The van der Waals surface area contributed by atoms with Gasteiger partial charge in [0.25, 0.3) is 0 Å². The van der Waals surface area contributed by atoms with Gasteiger partial charge in [0.2, 0.25) is 0 Å². The SMILES string of the molecule is CCOC(OC)c1ccc(N)c(C(F)(F)F)c1. The molecule has 0 aromatic heterocycles. The summed E-state index contributed by atoms with van der Waals surface area (Å²) in [5.74, 6) is 0. The molecule has 0 spiro atoms. The van der Waals surface area contributed by atoms with Crippen LogP contribution in [-0.4, -0.2) is 13.7 Å². The zero-order valence-electron chi connectivity index (χ0n) is 9.54. The van der Waals surface area contributed by atoms with Crippen LogP contribution in [0.4, 0.5) is 18.9 Å². The fourth-order valence-corrected chi connectivity index (χ4v) is 1.42. The Labute approximate surface area is 97.3 Å². The highest BCUT2D eigenvalue weighted by Gasteiger charge is 2.33. The molecule has 2 N–H and O–H groups in total. The van der Waals surface area contributed by atoms with Crippen LogP contribution in [0.25, 0.3) is 0 Å². The van der Waals surface area contributed by atoms with E-state index in [1.807, 2.05) is 0 Å². The number of nitrogens with two attached hydrogens (primary N) is 1. The first kappa shape index (κ1) is 13.8. The van der Waals surface area contributed by atoms with E-state index in [9.17, 15) is 13.2 Å². The summed E-state index contributed by atoms with van der Waals surface area (Å²) in [6.07, 6.45) is -5.30. The zero-order valence-corrected chi connectivity index (χ0v) is 9.54. The number of alkyl halides is 3. The molecule has 0 bridgehead atoms. The van der Waals surface area contributed by atoms with Crippen molar-refractivity contribution in [2.75, 3.05) is 19.5 Å². The van der Waals surface area contributed by atoms with Gasteiger partial charge in [0, 0.05) is 25.0 Å².